The second-order valence-electron chi connectivity index (χ2n) is 9.65. The molecule has 0 aliphatic rings. The molecule has 208 valence electrons. The summed E-state index contributed by atoms with van der Waals surface area (Å²) < 4.78 is 18.3. The summed E-state index contributed by atoms with van der Waals surface area (Å²) in [4.78, 5) is 22.3. The highest BCUT2D eigenvalue weighted by atomic mass is 16.5. The van der Waals surface area contributed by atoms with E-state index >= 15 is 0 Å². The Morgan fingerprint density at radius 1 is 0.732 bits per heavy atom. The molecule has 0 saturated carbocycles. The average molecular weight is 552 g/mol. The van der Waals surface area contributed by atoms with E-state index in [9.17, 15) is 14.7 Å². The lowest BCUT2D eigenvalue weighted by Gasteiger charge is -2.11. The smallest absolute Gasteiger partial charge is 0.307 e. The van der Waals surface area contributed by atoms with Crippen molar-refractivity contribution in [3.05, 3.63) is 119 Å². The molecule has 0 amide bonds. The molecular formula is C33H29NO7. The predicted octanol–water partition coefficient (Wildman–Crippen LogP) is 5.97. The van der Waals surface area contributed by atoms with E-state index < -0.39 is 11.9 Å². The van der Waals surface area contributed by atoms with Crippen molar-refractivity contribution in [2.75, 3.05) is 0 Å². The monoisotopic (exact) mass is 551 g/mol. The van der Waals surface area contributed by atoms with Crippen LogP contribution in [-0.2, 0) is 42.2 Å². The van der Waals surface area contributed by atoms with Crippen LogP contribution in [0.2, 0.25) is 0 Å². The topological polar surface area (TPSA) is 132 Å². The van der Waals surface area contributed by atoms with Gasteiger partial charge in [0.1, 0.15) is 36.1 Å². The van der Waals surface area contributed by atoms with Crippen LogP contribution in [0.4, 0.5) is 0 Å². The van der Waals surface area contributed by atoms with E-state index in [-0.39, 0.29) is 26.1 Å². The summed E-state index contributed by atoms with van der Waals surface area (Å²) in [6, 6.07) is 27.9. The number of nitrogens with two attached hydrogens (primary N) is 1. The molecule has 5 aromatic rings. The molecular weight excluding hydrogens is 522 g/mol. The number of ether oxygens (including phenoxy) is 2. The van der Waals surface area contributed by atoms with Gasteiger partial charge in [0.2, 0.25) is 0 Å². The Hall–Kier alpha value is -5.08. The van der Waals surface area contributed by atoms with Crippen LogP contribution < -0.4 is 15.2 Å². The zero-order valence-electron chi connectivity index (χ0n) is 22.2. The number of fused-ring (bicyclic) bond motifs is 1. The summed E-state index contributed by atoms with van der Waals surface area (Å²) in [7, 11) is 0. The summed E-state index contributed by atoms with van der Waals surface area (Å²) >= 11 is 0. The van der Waals surface area contributed by atoms with E-state index in [0.717, 1.165) is 27.6 Å². The minimum Gasteiger partial charge on any atom is -0.489 e. The number of hydrogen-bond donors (Lipinski definition) is 3. The van der Waals surface area contributed by atoms with Gasteiger partial charge in [0.05, 0.1) is 12.8 Å². The number of carboxylic acid groups (broad SMARTS) is 2. The lowest BCUT2D eigenvalue weighted by molar-refractivity contribution is -0.137. The van der Waals surface area contributed by atoms with Gasteiger partial charge in [-0.25, -0.2) is 0 Å². The zero-order valence-corrected chi connectivity index (χ0v) is 22.2. The molecule has 0 unspecified atom stereocenters. The van der Waals surface area contributed by atoms with Crippen molar-refractivity contribution in [2.45, 2.75) is 32.6 Å². The zero-order chi connectivity index (χ0) is 28.8. The fraction of sp³-hybridized carbons (Fsp3) is 0.152. The third-order valence-corrected chi connectivity index (χ3v) is 6.54. The highest BCUT2D eigenvalue weighted by Gasteiger charge is 2.15. The minimum absolute atomic E-state index is 0.0779. The second kappa shape index (κ2) is 12.4. The van der Waals surface area contributed by atoms with E-state index in [4.69, 9.17) is 24.7 Å². The van der Waals surface area contributed by atoms with Gasteiger partial charge in [0.25, 0.3) is 0 Å². The van der Waals surface area contributed by atoms with E-state index in [1.165, 1.54) is 0 Å². The van der Waals surface area contributed by atoms with Gasteiger partial charge in [0.15, 0.2) is 0 Å². The van der Waals surface area contributed by atoms with Crippen LogP contribution in [0.15, 0.2) is 95.4 Å². The minimum atomic E-state index is -0.933. The number of aliphatic carboxylic acids is 2. The first-order chi connectivity index (χ1) is 19.9. The number of para-hydroxylation sites is 1. The molecule has 0 bridgehead atoms. The van der Waals surface area contributed by atoms with E-state index in [0.29, 0.717) is 40.5 Å². The summed E-state index contributed by atoms with van der Waals surface area (Å²) in [5.74, 6) is -0.178. The lowest BCUT2D eigenvalue weighted by Crippen LogP contribution is -2.03. The van der Waals surface area contributed by atoms with Crippen molar-refractivity contribution in [3.63, 3.8) is 0 Å². The number of carbonyl (C=O) groups is 2. The third kappa shape index (κ3) is 6.93. The molecule has 0 atom stereocenters. The molecule has 4 aromatic carbocycles. The number of hydrogen-bond acceptors (Lipinski definition) is 6. The van der Waals surface area contributed by atoms with Crippen molar-refractivity contribution in [3.8, 4) is 22.6 Å². The normalized spacial score (nSPS) is 11.0. The van der Waals surface area contributed by atoms with Crippen LogP contribution in [0.3, 0.4) is 0 Å². The van der Waals surface area contributed by atoms with Crippen LogP contribution in [0.1, 0.15) is 28.0 Å². The Bertz CT molecular complexity index is 1710. The SMILES string of the molecule is NCc1cccc(-c2cc(COc3cccc(CC(=O)O)c3)cc3cc(COc4ccccc4CC(=O)O)oc23)c1. The van der Waals surface area contributed by atoms with E-state index in [2.05, 4.69) is 0 Å². The van der Waals surface area contributed by atoms with Crippen LogP contribution in [0.5, 0.6) is 11.5 Å². The molecule has 5 rings (SSSR count). The first-order valence-electron chi connectivity index (χ1n) is 13.1. The molecule has 0 spiro atoms. The van der Waals surface area contributed by atoms with Gasteiger partial charge in [-0.2, -0.15) is 0 Å². The molecule has 41 heavy (non-hydrogen) atoms. The summed E-state index contributed by atoms with van der Waals surface area (Å²) in [6.45, 7) is 0.783. The molecule has 0 fully saturated rings. The molecule has 8 nitrogen and oxygen atoms in total. The molecule has 0 radical (unpaired) electrons. The van der Waals surface area contributed by atoms with Crippen molar-refractivity contribution in [1.82, 2.24) is 0 Å². The van der Waals surface area contributed by atoms with Crippen molar-refractivity contribution >= 4 is 22.9 Å². The first-order valence-corrected chi connectivity index (χ1v) is 13.1. The van der Waals surface area contributed by atoms with Gasteiger partial charge < -0.3 is 29.8 Å². The van der Waals surface area contributed by atoms with Gasteiger partial charge in [-0.15, -0.1) is 0 Å². The van der Waals surface area contributed by atoms with Crippen molar-refractivity contribution in [2.24, 2.45) is 5.73 Å². The lowest BCUT2D eigenvalue weighted by atomic mass is 9.99. The summed E-state index contributed by atoms with van der Waals surface area (Å²) in [5, 5.41) is 19.2. The quantitative estimate of drug-likeness (QED) is 0.173. The molecule has 1 heterocycles. The summed E-state index contributed by atoms with van der Waals surface area (Å²) in [5.41, 5.74) is 11.5. The van der Waals surface area contributed by atoms with Crippen LogP contribution in [0.25, 0.3) is 22.1 Å². The Balaban J connectivity index is 1.45. The van der Waals surface area contributed by atoms with Gasteiger partial charge in [-0.05, 0) is 64.7 Å². The number of rotatable bonds is 12. The molecule has 1 aromatic heterocycles. The highest BCUT2D eigenvalue weighted by Crippen LogP contribution is 2.34. The maximum atomic E-state index is 11.2. The van der Waals surface area contributed by atoms with Crippen molar-refractivity contribution < 1.29 is 33.7 Å². The molecule has 0 saturated heterocycles. The van der Waals surface area contributed by atoms with Gasteiger partial charge >= 0.3 is 11.9 Å². The highest BCUT2D eigenvalue weighted by molar-refractivity contribution is 5.93. The van der Waals surface area contributed by atoms with Crippen LogP contribution >= 0.6 is 0 Å². The Morgan fingerprint density at radius 3 is 2.32 bits per heavy atom. The maximum Gasteiger partial charge on any atom is 0.307 e. The number of carboxylic acids is 2. The molecule has 0 aliphatic carbocycles. The van der Waals surface area contributed by atoms with Gasteiger partial charge in [-0.1, -0.05) is 48.5 Å². The Kier molecular flexibility index (Phi) is 8.31. The second-order valence-corrected chi connectivity index (χ2v) is 9.65. The van der Waals surface area contributed by atoms with E-state index in [1.807, 2.05) is 42.5 Å². The van der Waals surface area contributed by atoms with E-state index in [1.54, 1.807) is 48.5 Å². The fourth-order valence-corrected chi connectivity index (χ4v) is 4.69. The average Bonchev–Trinajstić information content (AvgIpc) is 3.38. The van der Waals surface area contributed by atoms with Crippen molar-refractivity contribution in [1.29, 1.82) is 0 Å². The molecule has 0 aliphatic heterocycles. The molecule has 8 heteroatoms. The Morgan fingerprint density at radius 2 is 1.51 bits per heavy atom. The van der Waals surface area contributed by atoms with Crippen LogP contribution in [0, 0.1) is 0 Å². The number of benzene rings is 4. The third-order valence-electron chi connectivity index (χ3n) is 6.54. The standard InChI is InChI=1S/C33H29NO7/c34-18-22-6-3-8-24(11-22)29-14-23(19-39-27-9-4-5-21(13-27)15-31(35)36)12-26-16-28(41-33(26)29)20-40-30-10-2-1-7-25(30)17-32(37)38/h1-14,16H,15,17-20,34H2,(H,35,36)(H,37,38). The Labute approximate surface area is 236 Å². The van der Waals surface area contributed by atoms with Gasteiger partial charge in [-0.3, -0.25) is 9.59 Å². The van der Waals surface area contributed by atoms with Crippen LogP contribution in [-0.4, -0.2) is 22.2 Å². The summed E-state index contributed by atoms with van der Waals surface area (Å²) in [6.07, 6.45) is -0.216. The molecule has 4 N–H and O–H groups in total. The maximum absolute atomic E-state index is 11.2. The number of furan rings is 1. The first kappa shape index (κ1) is 27.5. The fourth-order valence-electron chi connectivity index (χ4n) is 4.69. The predicted molar refractivity (Wildman–Crippen MR) is 154 cm³/mol. The largest absolute Gasteiger partial charge is 0.489 e. The van der Waals surface area contributed by atoms with Gasteiger partial charge in [0, 0.05) is 23.1 Å².